The van der Waals surface area contributed by atoms with Crippen LogP contribution in [-0.2, 0) is 23.7 Å². The first kappa shape index (κ1) is 27.7. The minimum Gasteiger partial charge on any atom is -0.469 e. The van der Waals surface area contributed by atoms with Gasteiger partial charge >= 0.3 is 5.97 Å². The van der Waals surface area contributed by atoms with Crippen molar-refractivity contribution in [1.29, 1.82) is 0 Å². The Balaban J connectivity index is 1.91. The highest BCUT2D eigenvalue weighted by molar-refractivity contribution is 5.69. The summed E-state index contributed by atoms with van der Waals surface area (Å²) in [6.07, 6.45) is 9.65. The lowest BCUT2D eigenvalue weighted by atomic mass is 9.86. The molecular formula is C26H42O7. The van der Waals surface area contributed by atoms with Crippen LogP contribution < -0.4 is 0 Å². The lowest BCUT2D eigenvalue weighted by molar-refractivity contribution is -0.145. The number of ether oxygens (including phenoxy) is 4. The Morgan fingerprint density at radius 3 is 2.52 bits per heavy atom. The molecule has 7 heteroatoms. The molecule has 2 heterocycles. The molecule has 0 radical (unpaired) electrons. The Labute approximate surface area is 198 Å². The van der Waals surface area contributed by atoms with Crippen molar-refractivity contribution in [1.82, 2.24) is 0 Å². The summed E-state index contributed by atoms with van der Waals surface area (Å²) >= 11 is 0. The molecule has 2 aliphatic rings. The molecule has 1 saturated heterocycles. The first-order valence-electron chi connectivity index (χ1n) is 11.8. The molecule has 0 amide bonds. The fourth-order valence-electron chi connectivity index (χ4n) is 4.89. The number of carbonyl (C=O) groups is 1. The molecule has 0 saturated carbocycles. The Morgan fingerprint density at radius 1 is 1.24 bits per heavy atom. The molecule has 0 aromatic rings. The van der Waals surface area contributed by atoms with Crippen molar-refractivity contribution in [3.05, 3.63) is 36.0 Å². The van der Waals surface area contributed by atoms with E-state index in [1.165, 1.54) is 7.11 Å². The molecule has 188 valence electrons. The van der Waals surface area contributed by atoms with Gasteiger partial charge in [0.05, 0.1) is 56.3 Å². The van der Waals surface area contributed by atoms with Crippen LogP contribution in [0.1, 0.15) is 47.5 Å². The molecule has 9 atom stereocenters. The molecule has 33 heavy (non-hydrogen) atoms. The van der Waals surface area contributed by atoms with E-state index in [1.54, 1.807) is 14.0 Å². The normalized spacial score (nSPS) is 33.5. The maximum atomic E-state index is 11.7. The molecule has 1 unspecified atom stereocenters. The second kappa shape index (κ2) is 12.3. The zero-order chi connectivity index (χ0) is 24.8. The molecule has 1 fully saturated rings. The Hall–Kier alpha value is -1.51. The number of aliphatic hydroxyl groups excluding tert-OH is 2. The predicted molar refractivity (Wildman–Crippen MR) is 127 cm³/mol. The van der Waals surface area contributed by atoms with Gasteiger partial charge in [-0.1, -0.05) is 44.2 Å². The summed E-state index contributed by atoms with van der Waals surface area (Å²) < 4.78 is 22.3. The van der Waals surface area contributed by atoms with Crippen molar-refractivity contribution in [2.45, 2.75) is 83.6 Å². The number of hydrogen-bond donors (Lipinski definition) is 2. The van der Waals surface area contributed by atoms with Gasteiger partial charge in [0.15, 0.2) is 0 Å². The monoisotopic (exact) mass is 466 g/mol. The fraction of sp³-hybridized carbons (Fsp3) is 0.731. The SMILES string of the molecule is COC(=O)C[C@@H]1O[C@H](/C(C)=C/C=C/[C@@H](C)C[C@@]2(C)O[C@@H]2[C@H](C)C(OC)[C@@H](C)O)C=C[C@H]1CO. The van der Waals surface area contributed by atoms with Crippen molar-refractivity contribution < 1.29 is 34.0 Å². The number of esters is 1. The van der Waals surface area contributed by atoms with Crippen LogP contribution in [0, 0.1) is 17.8 Å². The van der Waals surface area contributed by atoms with Gasteiger partial charge in [-0.15, -0.1) is 0 Å². The number of methoxy groups -OCH3 is 2. The number of hydrogen-bond acceptors (Lipinski definition) is 7. The van der Waals surface area contributed by atoms with Crippen LogP contribution in [0.4, 0.5) is 0 Å². The summed E-state index contributed by atoms with van der Waals surface area (Å²) in [6.45, 7) is 10.0. The zero-order valence-corrected chi connectivity index (χ0v) is 21.1. The molecule has 7 nitrogen and oxygen atoms in total. The van der Waals surface area contributed by atoms with Crippen LogP contribution in [0.2, 0.25) is 0 Å². The van der Waals surface area contributed by atoms with Gasteiger partial charge in [-0.05, 0) is 38.7 Å². The maximum Gasteiger partial charge on any atom is 0.308 e. The topological polar surface area (TPSA) is 97.8 Å². The van der Waals surface area contributed by atoms with E-state index in [-0.39, 0.29) is 54.7 Å². The highest BCUT2D eigenvalue weighted by Crippen LogP contribution is 2.47. The molecule has 2 rings (SSSR count). The molecule has 0 aliphatic carbocycles. The summed E-state index contributed by atoms with van der Waals surface area (Å²) in [5.74, 6) is -0.159. The van der Waals surface area contributed by atoms with Gasteiger partial charge in [-0.3, -0.25) is 4.79 Å². The second-order valence-electron chi connectivity index (χ2n) is 9.73. The van der Waals surface area contributed by atoms with Crippen molar-refractivity contribution >= 4 is 5.97 Å². The van der Waals surface area contributed by atoms with E-state index in [1.807, 2.05) is 31.2 Å². The molecule has 2 N–H and O–H groups in total. The van der Waals surface area contributed by atoms with Gasteiger partial charge < -0.3 is 29.2 Å². The van der Waals surface area contributed by atoms with Crippen molar-refractivity contribution in [2.75, 3.05) is 20.8 Å². The van der Waals surface area contributed by atoms with Gasteiger partial charge in [0.2, 0.25) is 0 Å². The van der Waals surface area contributed by atoms with E-state index in [9.17, 15) is 15.0 Å². The van der Waals surface area contributed by atoms with Gasteiger partial charge in [0, 0.05) is 18.9 Å². The highest BCUT2D eigenvalue weighted by Gasteiger charge is 2.56. The minimum atomic E-state index is -0.542. The standard InChI is InChI=1S/C26H42O7/c1-16(14-26(5)25(33-26)18(3)24(31-7)19(4)28)9-8-10-17(2)21-12-11-20(15-27)22(32-21)13-23(29)30-6/h8-12,16,18-22,24-25,27-28H,13-15H2,1-7H3/b9-8+,17-10+/t16-,18-,19-,20+,21+,22+,24?,25-,26-/m1/s1. The van der Waals surface area contributed by atoms with Crippen molar-refractivity contribution in [2.24, 2.45) is 17.8 Å². The van der Waals surface area contributed by atoms with Crippen molar-refractivity contribution in [3.63, 3.8) is 0 Å². The lowest BCUT2D eigenvalue weighted by Crippen LogP contribution is -2.36. The van der Waals surface area contributed by atoms with Gasteiger partial charge in [0.25, 0.3) is 0 Å². The molecule has 0 aromatic heterocycles. The molecule has 0 bridgehead atoms. The first-order chi connectivity index (χ1) is 15.6. The second-order valence-corrected chi connectivity index (χ2v) is 9.73. The van der Waals surface area contributed by atoms with Crippen molar-refractivity contribution in [3.8, 4) is 0 Å². The highest BCUT2D eigenvalue weighted by atomic mass is 16.6. The van der Waals surface area contributed by atoms with Gasteiger partial charge in [0.1, 0.15) is 0 Å². The van der Waals surface area contributed by atoms with E-state index < -0.39 is 12.2 Å². The third kappa shape index (κ3) is 7.49. The van der Waals surface area contributed by atoms with Gasteiger partial charge in [-0.25, -0.2) is 0 Å². The smallest absolute Gasteiger partial charge is 0.308 e. The van der Waals surface area contributed by atoms with E-state index in [2.05, 4.69) is 26.8 Å². The van der Waals surface area contributed by atoms with Crippen LogP contribution in [0.3, 0.4) is 0 Å². The largest absolute Gasteiger partial charge is 0.469 e. The van der Waals surface area contributed by atoms with Crippen LogP contribution in [0.15, 0.2) is 36.0 Å². The van der Waals surface area contributed by atoms with Crippen LogP contribution in [0.5, 0.6) is 0 Å². The fourth-order valence-corrected chi connectivity index (χ4v) is 4.89. The average Bonchev–Trinajstić information content (AvgIpc) is 3.43. The third-order valence-corrected chi connectivity index (χ3v) is 6.80. The van der Waals surface area contributed by atoms with E-state index >= 15 is 0 Å². The summed E-state index contributed by atoms with van der Waals surface area (Å²) in [4.78, 5) is 11.7. The summed E-state index contributed by atoms with van der Waals surface area (Å²) in [5.41, 5.74) is 0.796. The number of allylic oxidation sites excluding steroid dienone is 3. The Kier molecular flexibility index (Phi) is 10.3. The molecule has 2 aliphatic heterocycles. The van der Waals surface area contributed by atoms with Crippen LogP contribution in [-0.4, -0.2) is 73.1 Å². The average molecular weight is 467 g/mol. The minimum absolute atomic E-state index is 0.0668. The van der Waals surface area contributed by atoms with Crippen LogP contribution >= 0.6 is 0 Å². The Bertz CT molecular complexity index is 728. The summed E-state index contributed by atoms with van der Waals surface area (Å²) in [6, 6.07) is 0. The summed E-state index contributed by atoms with van der Waals surface area (Å²) in [5, 5.41) is 19.5. The molecule has 0 spiro atoms. The molecular weight excluding hydrogens is 424 g/mol. The number of epoxide rings is 1. The van der Waals surface area contributed by atoms with E-state index in [4.69, 9.17) is 18.9 Å². The lowest BCUT2D eigenvalue weighted by Gasteiger charge is -2.31. The number of rotatable bonds is 12. The molecule has 0 aromatic carbocycles. The van der Waals surface area contributed by atoms with E-state index in [0.29, 0.717) is 5.92 Å². The Morgan fingerprint density at radius 2 is 1.94 bits per heavy atom. The first-order valence-corrected chi connectivity index (χ1v) is 11.8. The van der Waals surface area contributed by atoms with Crippen LogP contribution in [0.25, 0.3) is 0 Å². The maximum absolute atomic E-state index is 11.7. The van der Waals surface area contributed by atoms with E-state index in [0.717, 1.165) is 12.0 Å². The quantitative estimate of drug-likeness (QED) is 0.197. The number of aliphatic hydroxyl groups is 2. The predicted octanol–water partition coefficient (Wildman–Crippen LogP) is 3.20. The van der Waals surface area contributed by atoms with Gasteiger partial charge in [-0.2, -0.15) is 0 Å². The summed E-state index contributed by atoms with van der Waals surface area (Å²) in [7, 11) is 2.98. The third-order valence-electron chi connectivity index (χ3n) is 6.80. The number of carbonyl (C=O) groups excluding carboxylic acids is 1. The zero-order valence-electron chi connectivity index (χ0n) is 21.1.